The Morgan fingerprint density at radius 1 is 1.31 bits per heavy atom. The van der Waals surface area contributed by atoms with Crippen LogP contribution >= 0.6 is 0 Å². The Morgan fingerprint density at radius 2 is 2.00 bits per heavy atom. The van der Waals surface area contributed by atoms with Gasteiger partial charge in [-0.05, 0) is 32.0 Å². The van der Waals surface area contributed by atoms with Crippen molar-refractivity contribution in [1.29, 1.82) is 0 Å². The molecule has 9 heteroatoms. The van der Waals surface area contributed by atoms with E-state index in [1.807, 2.05) is 11.8 Å². The van der Waals surface area contributed by atoms with Gasteiger partial charge in [-0.2, -0.15) is 13.2 Å². The fraction of sp³-hybridized carbons (Fsp3) is 0.500. The predicted octanol–water partition coefficient (Wildman–Crippen LogP) is 2.14. The number of nitrogens with one attached hydrogen (secondary N) is 2. The number of hydrogen-bond donors (Lipinski definition) is 2. The molecule has 1 atom stereocenters. The predicted molar refractivity (Wildman–Crippen MR) is 108 cm³/mol. The molecule has 6 nitrogen and oxygen atoms in total. The number of carbonyl (C=O) groups excluding carboxylic acids is 1. The lowest BCUT2D eigenvalue weighted by atomic mass is 10.2. The molecule has 0 spiro atoms. The third-order valence-electron chi connectivity index (χ3n) is 4.66. The summed E-state index contributed by atoms with van der Waals surface area (Å²) in [6.45, 7) is 4.89. The van der Waals surface area contributed by atoms with Crippen molar-refractivity contribution in [3.05, 3.63) is 29.8 Å². The van der Waals surface area contributed by atoms with Gasteiger partial charge in [0.05, 0.1) is 0 Å². The van der Waals surface area contributed by atoms with Crippen LogP contribution in [0.3, 0.4) is 0 Å². The smallest absolute Gasteiger partial charge is 0.357 e. The molecule has 0 radical (unpaired) electrons. The number of rotatable bonds is 5. The van der Waals surface area contributed by atoms with Crippen LogP contribution in [0.25, 0.3) is 0 Å². The van der Waals surface area contributed by atoms with E-state index in [0.29, 0.717) is 36.8 Å². The topological polar surface area (TPSA) is 60.0 Å². The van der Waals surface area contributed by atoms with E-state index in [0.717, 1.165) is 0 Å². The lowest BCUT2D eigenvalue weighted by Crippen LogP contribution is -2.56. The number of piperazine rings is 1. The van der Waals surface area contributed by atoms with Gasteiger partial charge in [0.1, 0.15) is 12.6 Å². The highest BCUT2D eigenvalue weighted by atomic mass is 19.4. The van der Waals surface area contributed by atoms with Gasteiger partial charge in [0, 0.05) is 44.0 Å². The van der Waals surface area contributed by atoms with Crippen molar-refractivity contribution in [2.45, 2.75) is 26.1 Å². The highest BCUT2D eigenvalue weighted by molar-refractivity contribution is 5.94. The van der Waals surface area contributed by atoms with E-state index in [4.69, 9.17) is 6.42 Å². The van der Waals surface area contributed by atoms with Gasteiger partial charge < -0.3 is 15.5 Å². The molecule has 1 heterocycles. The molecular formula is C20H26F3N5O. The quantitative estimate of drug-likeness (QED) is 0.445. The van der Waals surface area contributed by atoms with Gasteiger partial charge in [-0.25, -0.2) is 4.99 Å². The molecule has 1 aromatic rings. The average molecular weight is 409 g/mol. The Kier molecular flexibility index (Phi) is 7.91. The molecule has 2 rings (SSSR count). The molecule has 1 aliphatic rings. The van der Waals surface area contributed by atoms with Crippen molar-refractivity contribution in [2.24, 2.45) is 4.99 Å². The average Bonchev–Trinajstić information content (AvgIpc) is 2.70. The van der Waals surface area contributed by atoms with Crippen molar-refractivity contribution in [3.63, 3.8) is 0 Å². The van der Waals surface area contributed by atoms with Gasteiger partial charge in [0.2, 0.25) is 5.91 Å². The number of terminal acetylenes is 1. The summed E-state index contributed by atoms with van der Waals surface area (Å²) < 4.78 is 38.7. The maximum atomic E-state index is 12.9. The molecular weight excluding hydrogens is 383 g/mol. The number of hydrogen-bond acceptors (Lipinski definition) is 3. The summed E-state index contributed by atoms with van der Waals surface area (Å²) in [5, 5.41) is 5.83. The molecule has 29 heavy (non-hydrogen) atoms. The number of carbonyl (C=O) groups is 1. The zero-order valence-corrected chi connectivity index (χ0v) is 16.6. The summed E-state index contributed by atoms with van der Waals surface area (Å²) >= 11 is 0. The maximum Gasteiger partial charge on any atom is 0.403 e. The first-order chi connectivity index (χ1) is 13.7. The van der Waals surface area contributed by atoms with Gasteiger partial charge >= 0.3 is 6.18 Å². The minimum atomic E-state index is -4.24. The van der Waals surface area contributed by atoms with Crippen LogP contribution in [-0.2, 0) is 4.79 Å². The van der Waals surface area contributed by atoms with Crippen LogP contribution in [0.5, 0.6) is 0 Å². The molecule has 0 aromatic heterocycles. The highest BCUT2D eigenvalue weighted by Crippen LogP contribution is 2.25. The van der Waals surface area contributed by atoms with Crippen molar-refractivity contribution in [2.75, 3.05) is 44.6 Å². The van der Waals surface area contributed by atoms with E-state index in [1.165, 1.54) is 11.8 Å². The van der Waals surface area contributed by atoms with E-state index >= 15 is 0 Å². The van der Waals surface area contributed by atoms with Crippen LogP contribution in [0.2, 0.25) is 0 Å². The second-order valence-corrected chi connectivity index (χ2v) is 6.68. The minimum Gasteiger partial charge on any atom is -0.357 e. The van der Waals surface area contributed by atoms with Gasteiger partial charge in [-0.3, -0.25) is 9.69 Å². The number of aliphatic imine (C=N–C) groups is 1. The van der Waals surface area contributed by atoms with Gasteiger partial charge in [0.15, 0.2) is 5.96 Å². The third-order valence-corrected chi connectivity index (χ3v) is 4.66. The second kappa shape index (κ2) is 10.2. The van der Waals surface area contributed by atoms with E-state index in [1.54, 1.807) is 24.3 Å². The molecule has 1 amide bonds. The summed E-state index contributed by atoms with van der Waals surface area (Å²) in [4.78, 5) is 19.8. The van der Waals surface area contributed by atoms with E-state index in [-0.39, 0.29) is 25.5 Å². The first-order valence-corrected chi connectivity index (χ1v) is 9.45. The lowest BCUT2D eigenvalue weighted by Gasteiger charge is -2.39. The SMILES string of the molecule is C#Cc1cccc(NC(=O)CN=C(NCC)N2CCN(C(C)C(F)(F)F)CC2)c1. The standard InChI is InChI=1S/C20H26F3N5O/c1-4-16-7-6-8-17(13-16)26-18(29)14-25-19(24-5-2)28-11-9-27(10-12-28)15(3)20(21,22)23/h1,6-8,13,15H,5,9-12,14H2,2-3H3,(H,24,25)(H,26,29). The third kappa shape index (κ3) is 6.68. The van der Waals surface area contributed by atoms with Crippen LogP contribution in [0.15, 0.2) is 29.3 Å². The Labute approximate surface area is 169 Å². The molecule has 1 aromatic carbocycles. The molecule has 0 bridgehead atoms. The first kappa shape index (κ1) is 22.6. The van der Waals surface area contributed by atoms with Crippen molar-refractivity contribution in [3.8, 4) is 12.3 Å². The molecule has 1 aliphatic heterocycles. The monoisotopic (exact) mass is 409 g/mol. The number of benzene rings is 1. The molecule has 158 valence electrons. The van der Waals surface area contributed by atoms with E-state index < -0.39 is 12.2 Å². The fourth-order valence-corrected chi connectivity index (χ4v) is 2.99. The van der Waals surface area contributed by atoms with Gasteiger partial charge in [0.25, 0.3) is 0 Å². The van der Waals surface area contributed by atoms with Crippen molar-refractivity contribution < 1.29 is 18.0 Å². The van der Waals surface area contributed by atoms with Crippen LogP contribution in [0.4, 0.5) is 18.9 Å². The number of alkyl halides is 3. The van der Waals surface area contributed by atoms with Gasteiger partial charge in [-0.15, -0.1) is 6.42 Å². The number of halogens is 3. The van der Waals surface area contributed by atoms with Gasteiger partial charge in [-0.1, -0.05) is 12.0 Å². The Hall–Kier alpha value is -2.73. The summed E-state index contributed by atoms with van der Waals surface area (Å²) in [5.41, 5.74) is 1.24. The van der Waals surface area contributed by atoms with Crippen LogP contribution in [0, 0.1) is 12.3 Å². The zero-order valence-electron chi connectivity index (χ0n) is 16.6. The van der Waals surface area contributed by atoms with Crippen LogP contribution in [0.1, 0.15) is 19.4 Å². The maximum absolute atomic E-state index is 12.9. The van der Waals surface area contributed by atoms with Crippen LogP contribution in [-0.4, -0.2) is 73.2 Å². The van der Waals surface area contributed by atoms with Crippen molar-refractivity contribution in [1.82, 2.24) is 15.1 Å². The molecule has 2 N–H and O–H groups in total. The number of guanidine groups is 1. The Morgan fingerprint density at radius 3 is 2.59 bits per heavy atom. The summed E-state index contributed by atoms with van der Waals surface area (Å²) in [7, 11) is 0. The fourth-order valence-electron chi connectivity index (χ4n) is 2.99. The van der Waals surface area contributed by atoms with E-state index in [9.17, 15) is 18.0 Å². The minimum absolute atomic E-state index is 0.109. The Balaban J connectivity index is 1.94. The molecule has 0 saturated carbocycles. The molecule has 1 saturated heterocycles. The summed E-state index contributed by atoms with van der Waals surface area (Å²) in [6.07, 6.45) is 1.11. The first-order valence-electron chi connectivity index (χ1n) is 9.45. The normalized spacial score (nSPS) is 16.8. The number of amides is 1. The molecule has 1 fully saturated rings. The summed E-state index contributed by atoms with van der Waals surface area (Å²) in [5.74, 6) is 2.71. The number of anilines is 1. The summed E-state index contributed by atoms with van der Waals surface area (Å²) in [6, 6.07) is 5.45. The highest BCUT2D eigenvalue weighted by Gasteiger charge is 2.41. The lowest BCUT2D eigenvalue weighted by molar-refractivity contribution is -0.181. The van der Waals surface area contributed by atoms with Crippen molar-refractivity contribution >= 4 is 17.6 Å². The van der Waals surface area contributed by atoms with Crippen LogP contribution < -0.4 is 10.6 Å². The number of nitrogens with zero attached hydrogens (tertiary/aromatic N) is 3. The molecule has 1 unspecified atom stereocenters. The molecule has 0 aliphatic carbocycles. The Bertz CT molecular complexity index is 764. The second-order valence-electron chi connectivity index (χ2n) is 6.68. The van der Waals surface area contributed by atoms with E-state index in [2.05, 4.69) is 21.5 Å². The largest absolute Gasteiger partial charge is 0.403 e. The zero-order chi connectivity index (χ0) is 21.4.